The van der Waals surface area contributed by atoms with Crippen LogP contribution in [0.25, 0.3) is 0 Å². The number of nitrogens with one attached hydrogen (secondary N) is 1. The van der Waals surface area contributed by atoms with Crippen LogP contribution in [0.3, 0.4) is 0 Å². The Bertz CT molecular complexity index is 800. The third-order valence-electron chi connectivity index (χ3n) is 4.24. The molecule has 0 radical (unpaired) electrons. The molecule has 0 bridgehead atoms. The van der Waals surface area contributed by atoms with Crippen molar-refractivity contribution in [2.45, 2.75) is 24.4 Å². The quantitative estimate of drug-likeness (QED) is 0.859. The minimum absolute atomic E-state index is 0.164. The average molecular weight is 347 g/mol. The summed E-state index contributed by atoms with van der Waals surface area (Å²) in [6, 6.07) is 10.6. The Morgan fingerprint density at radius 2 is 1.96 bits per heavy atom. The summed E-state index contributed by atoms with van der Waals surface area (Å²) >= 11 is 0. The first-order chi connectivity index (χ1) is 11.5. The fraction of sp³-hybridized carbons (Fsp3) is 0.353. The lowest BCUT2D eigenvalue weighted by molar-refractivity contribution is 0.225. The van der Waals surface area contributed by atoms with Gasteiger partial charge in [-0.25, -0.2) is 8.42 Å². The van der Waals surface area contributed by atoms with E-state index in [9.17, 15) is 8.42 Å². The van der Waals surface area contributed by atoms with E-state index in [4.69, 9.17) is 4.74 Å². The van der Waals surface area contributed by atoms with Gasteiger partial charge >= 0.3 is 0 Å². The van der Waals surface area contributed by atoms with Gasteiger partial charge in [0.2, 0.25) is 10.0 Å². The summed E-state index contributed by atoms with van der Waals surface area (Å²) in [7, 11) is -1.87. The molecule has 1 aromatic heterocycles. The predicted octanol–water partition coefficient (Wildman–Crippen LogP) is 1.56. The van der Waals surface area contributed by atoms with Crippen molar-refractivity contribution < 1.29 is 13.2 Å². The fourth-order valence-corrected chi connectivity index (χ4v) is 4.15. The summed E-state index contributed by atoms with van der Waals surface area (Å²) in [6.45, 7) is 3.63. The molecule has 0 spiro atoms. The van der Waals surface area contributed by atoms with E-state index in [1.165, 1.54) is 4.31 Å². The van der Waals surface area contributed by atoms with Crippen LogP contribution in [0.2, 0.25) is 0 Å². The van der Waals surface area contributed by atoms with Crippen molar-refractivity contribution in [3.63, 3.8) is 0 Å². The molecule has 0 aliphatic carbocycles. The molecule has 0 amide bonds. The lowest BCUT2D eigenvalue weighted by atomic mass is 10.1. The van der Waals surface area contributed by atoms with Gasteiger partial charge in [0.05, 0.1) is 12.0 Å². The van der Waals surface area contributed by atoms with Crippen LogP contribution >= 0.6 is 0 Å². The molecule has 1 aliphatic rings. The maximum atomic E-state index is 12.5. The highest BCUT2D eigenvalue weighted by Gasteiger charge is 2.36. The zero-order chi connectivity index (χ0) is 17.2. The fourth-order valence-electron chi connectivity index (χ4n) is 2.62. The molecule has 1 N–H and O–H groups in total. The lowest BCUT2D eigenvalue weighted by Gasteiger charge is -2.38. The van der Waals surface area contributed by atoms with Crippen molar-refractivity contribution in [1.82, 2.24) is 14.6 Å². The maximum Gasteiger partial charge on any atom is 0.243 e. The Morgan fingerprint density at radius 1 is 1.25 bits per heavy atom. The molecule has 0 atom stereocenters. The van der Waals surface area contributed by atoms with Crippen molar-refractivity contribution in [2.75, 3.05) is 20.2 Å². The highest BCUT2D eigenvalue weighted by Crippen LogP contribution is 2.23. The molecule has 1 saturated heterocycles. The van der Waals surface area contributed by atoms with Gasteiger partial charge in [0.1, 0.15) is 5.75 Å². The van der Waals surface area contributed by atoms with Crippen molar-refractivity contribution in [2.24, 2.45) is 0 Å². The summed E-state index contributed by atoms with van der Waals surface area (Å²) < 4.78 is 31.6. The van der Waals surface area contributed by atoms with Gasteiger partial charge in [-0.15, -0.1) is 0 Å². The van der Waals surface area contributed by atoms with E-state index in [-0.39, 0.29) is 6.04 Å². The molecule has 24 heavy (non-hydrogen) atoms. The van der Waals surface area contributed by atoms with Crippen molar-refractivity contribution in [1.29, 1.82) is 0 Å². The van der Waals surface area contributed by atoms with E-state index in [0.29, 0.717) is 30.3 Å². The monoisotopic (exact) mass is 347 g/mol. The molecular formula is C17H21N3O3S. The third-order valence-corrected chi connectivity index (χ3v) is 6.09. The molecule has 1 fully saturated rings. The zero-order valence-corrected chi connectivity index (χ0v) is 14.6. The van der Waals surface area contributed by atoms with Crippen LogP contribution in [0.15, 0.2) is 47.5 Å². The topological polar surface area (TPSA) is 71.5 Å². The molecule has 2 aromatic rings. The Labute approximate surface area is 142 Å². The number of benzene rings is 1. The minimum atomic E-state index is -3.43. The SMILES string of the molecule is COc1ccc(S(=O)(=O)N2CC(NCc3cccnc3C)C2)cc1. The van der Waals surface area contributed by atoms with Crippen LogP contribution in [-0.2, 0) is 16.6 Å². The van der Waals surface area contributed by atoms with E-state index in [2.05, 4.69) is 10.3 Å². The molecule has 1 aliphatic heterocycles. The number of aromatic nitrogens is 1. The van der Waals surface area contributed by atoms with Crippen molar-refractivity contribution in [3.05, 3.63) is 53.9 Å². The standard InChI is InChI=1S/C17H21N3O3S/c1-13-14(4-3-9-18-13)10-19-15-11-20(12-15)24(21,22)17-7-5-16(23-2)6-8-17/h3-9,15,19H,10-12H2,1-2H3. The first-order valence-electron chi connectivity index (χ1n) is 7.79. The Balaban J connectivity index is 1.56. The third kappa shape index (κ3) is 3.43. The number of methoxy groups -OCH3 is 1. The van der Waals surface area contributed by atoms with E-state index in [0.717, 1.165) is 11.3 Å². The Kier molecular flexibility index (Phi) is 4.84. The highest BCUT2D eigenvalue weighted by atomic mass is 32.2. The highest BCUT2D eigenvalue weighted by molar-refractivity contribution is 7.89. The molecule has 0 saturated carbocycles. The zero-order valence-electron chi connectivity index (χ0n) is 13.8. The number of nitrogens with zero attached hydrogens (tertiary/aromatic N) is 2. The molecule has 7 heteroatoms. The minimum Gasteiger partial charge on any atom is -0.497 e. The van der Waals surface area contributed by atoms with Gasteiger partial charge in [0.15, 0.2) is 0 Å². The molecule has 128 valence electrons. The Hall–Kier alpha value is -1.96. The summed E-state index contributed by atoms with van der Waals surface area (Å²) in [5.74, 6) is 0.643. The van der Waals surface area contributed by atoms with Gasteiger partial charge in [-0.1, -0.05) is 6.07 Å². The number of ether oxygens (including phenoxy) is 1. The number of aryl methyl sites for hydroxylation is 1. The molecule has 6 nitrogen and oxygen atoms in total. The van der Waals surface area contributed by atoms with Crippen LogP contribution in [0.4, 0.5) is 0 Å². The van der Waals surface area contributed by atoms with Gasteiger partial charge in [-0.3, -0.25) is 4.98 Å². The van der Waals surface area contributed by atoms with Crippen LogP contribution < -0.4 is 10.1 Å². The molecule has 0 unspecified atom stereocenters. The summed E-state index contributed by atoms with van der Waals surface area (Å²) in [6.07, 6.45) is 1.77. The van der Waals surface area contributed by atoms with Crippen LogP contribution in [0.1, 0.15) is 11.3 Å². The van der Waals surface area contributed by atoms with E-state index in [1.807, 2.05) is 19.1 Å². The number of hydrogen-bond acceptors (Lipinski definition) is 5. The van der Waals surface area contributed by atoms with E-state index < -0.39 is 10.0 Å². The normalized spacial score (nSPS) is 15.9. The van der Waals surface area contributed by atoms with Gasteiger partial charge in [0.25, 0.3) is 0 Å². The molecule has 1 aromatic carbocycles. The summed E-state index contributed by atoms with van der Waals surface area (Å²) in [4.78, 5) is 4.55. The second kappa shape index (κ2) is 6.88. The first kappa shape index (κ1) is 16.9. The van der Waals surface area contributed by atoms with Crippen molar-refractivity contribution in [3.8, 4) is 5.75 Å². The summed E-state index contributed by atoms with van der Waals surface area (Å²) in [5, 5.41) is 3.38. The smallest absolute Gasteiger partial charge is 0.243 e. The second-order valence-corrected chi connectivity index (χ2v) is 7.76. The van der Waals surface area contributed by atoms with Crippen LogP contribution in [0, 0.1) is 6.92 Å². The largest absolute Gasteiger partial charge is 0.497 e. The van der Waals surface area contributed by atoms with E-state index in [1.54, 1.807) is 37.6 Å². The van der Waals surface area contributed by atoms with Crippen molar-refractivity contribution >= 4 is 10.0 Å². The van der Waals surface area contributed by atoms with Gasteiger partial charge in [0, 0.05) is 37.6 Å². The predicted molar refractivity (Wildman–Crippen MR) is 91.4 cm³/mol. The molecule has 2 heterocycles. The first-order valence-corrected chi connectivity index (χ1v) is 9.23. The summed E-state index contributed by atoms with van der Waals surface area (Å²) in [5.41, 5.74) is 2.13. The van der Waals surface area contributed by atoms with Gasteiger partial charge in [-0.05, 0) is 42.8 Å². The molecule has 3 rings (SSSR count). The lowest BCUT2D eigenvalue weighted by Crippen LogP contribution is -2.59. The van der Waals surface area contributed by atoms with Gasteiger partial charge < -0.3 is 10.1 Å². The average Bonchev–Trinajstić information content (AvgIpc) is 2.55. The van der Waals surface area contributed by atoms with Crippen LogP contribution in [-0.4, -0.2) is 43.9 Å². The number of hydrogen-bond donors (Lipinski definition) is 1. The number of sulfonamides is 1. The van der Waals surface area contributed by atoms with Gasteiger partial charge in [-0.2, -0.15) is 4.31 Å². The number of pyridine rings is 1. The molecular weight excluding hydrogens is 326 g/mol. The Morgan fingerprint density at radius 3 is 2.58 bits per heavy atom. The van der Waals surface area contributed by atoms with Crippen LogP contribution in [0.5, 0.6) is 5.75 Å². The maximum absolute atomic E-state index is 12.5. The van der Waals surface area contributed by atoms with E-state index >= 15 is 0 Å². The second-order valence-electron chi connectivity index (χ2n) is 5.82. The number of rotatable bonds is 6.